The van der Waals surface area contributed by atoms with E-state index < -0.39 is 5.54 Å². The second-order valence-electron chi connectivity index (χ2n) is 5.26. The molecule has 3 N–H and O–H groups in total. The standard InChI is InChI=1S/C14H31N3O/c1-6-10-16-14(5,13(15)18)9-11-17(8-3)12(4)7-2/h12,16H,6-11H2,1-5H3,(H2,15,18). The lowest BCUT2D eigenvalue weighted by atomic mass is 9.96. The largest absolute Gasteiger partial charge is 0.368 e. The number of amides is 1. The van der Waals surface area contributed by atoms with Crippen LogP contribution in [-0.4, -0.2) is 42.0 Å². The molecular weight excluding hydrogens is 226 g/mol. The number of carbonyl (C=O) groups is 1. The molecule has 0 aromatic heterocycles. The van der Waals surface area contributed by atoms with Gasteiger partial charge in [0.1, 0.15) is 0 Å². The van der Waals surface area contributed by atoms with Crippen LogP contribution in [0.3, 0.4) is 0 Å². The highest BCUT2D eigenvalue weighted by Crippen LogP contribution is 2.13. The van der Waals surface area contributed by atoms with E-state index in [9.17, 15) is 4.79 Å². The fraction of sp³-hybridized carbons (Fsp3) is 0.929. The van der Waals surface area contributed by atoms with Gasteiger partial charge >= 0.3 is 0 Å². The Labute approximate surface area is 112 Å². The van der Waals surface area contributed by atoms with Gasteiger partial charge < -0.3 is 16.0 Å². The zero-order chi connectivity index (χ0) is 14.2. The van der Waals surface area contributed by atoms with Crippen LogP contribution in [0.5, 0.6) is 0 Å². The molecule has 2 atom stereocenters. The highest BCUT2D eigenvalue weighted by molar-refractivity contribution is 5.84. The first-order valence-electron chi connectivity index (χ1n) is 7.20. The summed E-state index contributed by atoms with van der Waals surface area (Å²) in [4.78, 5) is 14.0. The van der Waals surface area contributed by atoms with Crippen molar-refractivity contribution in [3.8, 4) is 0 Å². The van der Waals surface area contributed by atoms with Gasteiger partial charge in [-0.05, 0) is 46.2 Å². The van der Waals surface area contributed by atoms with E-state index in [1.54, 1.807) is 0 Å². The molecule has 0 aromatic carbocycles. The number of nitrogens with two attached hydrogens (primary N) is 1. The van der Waals surface area contributed by atoms with Crippen LogP contribution < -0.4 is 11.1 Å². The van der Waals surface area contributed by atoms with Gasteiger partial charge in [-0.1, -0.05) is 20.8 Å². The number of rotatable bonds is 10. The number of nitrogens with one attached hydrogen (secondary N) is 1. The molecule has 4 nitrogen and oxygen atoms in total. The summed E-state index contributed by atoms with van der Waals surface area (Å²) in [5.74, 6) is -0.254. The van der Waals surface area contributed by atoms with E-state index in [0.29, 0.717) is 6.04 Å². The zero-order valence-electron chi connectivity index (χ0n) is 12.8. The summed E-state index contributed by atoms with van der Waals surface area (Å²) in [6.07, 6.45) is 2.90. The van der Waals surface area contributed by atoms with Gasteiger partial charge in [-0.2, -0.15) is 0 Å². The predicted molar refractivity (Wildman–Crippen MR) is 77.5 cm³/mol. The van der Waals surface area contributed by atoms with Gasteiger partial charge in [0.25, 0.3) is 0 Å². The van der Waals surface area contributed by atoms with Crippen molar-refractivity contribution >= 4 is 5.91 Å². The molecule has 0 aromatic rings. The molecule has 0 aliphatic heterocycles. The number of primary amides is 1. The molecule has 0 heterocycles. The van der Waals surface area contributed by atoms with E-state index in [1.165, 1.54) is 0 Å². The van der Waals surface area contributed by atoms with Crippen molar-refractivity contribution in [3.63, 3.8) is 0 Å². The van der Waals surface area contributed by atoms with Crippen LogP contribution in [0.2, 0.25) is 0 Å². The first-order chi connectivity index (χ1) is 8.41. The lowest BCUT2D eigenvalue weighted by Gasteiger charge is -2.33. The van der Waals surface area contributed by atoms with Crippen molar-refractivity contribution in [2.24, 2.45) is 5.73 Å². The maximum Gasteiger partial charge on any atom is 0.237 e. The van der Waals surface area contributed by atoms with Crippen LogP contribution in [-0.2, 0) is 4.79 Å². The fourth-order valence-corrected chi connectivity index (χ4v) is 2.02. The van der Waals surface area contributed by atoms with Gasteiger partial charge in [0, 0.05) is 12.6 Å². The lowest BCUT2D eigenvalue weighted by Crippen LogP contribution is -2.55. The number of hydrogen-bond donors (Lipinski definition) is 2. The van der Waals surface area contributed by atoms with Crippen molar-refractivity contribution in [3.05, 3.63) is 0 Å². The summed E-state index contributed by atoms with van der Waals surface area (Å²) >= 11 is 0. The number of carbonyl (C=O) groups excluding carboxylic acids is 1. The Hall–Kier alpha value is -0.610. The van der Waals surface area contributed by atoms with Crippen molar-refractivity contribution in [2.45, 2.75) is 65.5 Å². The highest BCUT2D eigenvalue weighted by Gasteiger charge is 2.30. The number of hydrogen-bond acceptors (Lipinski definition) is 3. The summed E-state index contributed by atoms with van der Waals surface area (Å²) in [7, 11) is 0. The van der Waals surface area contributed by atoms with Crippen molar-refractivity contribution < 1.29 is 4.79 Å². The molecule has 0 spiro atoms. The first-order valence-corrected chi connectivity index (χ1v) is 7.20. The quantitative estimate of drug-likeness (QED) is 0.627. The minimum atomic E-state index is -0.586. The van der Waals surface area contributed by atoms with E-state index in [1.807, 2.05) is 6.92 Å². The van der Waals surface area contributed by atoms with Crippen LogP contribution in [0.1, 0.15) is 53.9 Å². The minimum Gasteiger partial charge on any atom is -0.368 e. The molecule has 2 unspecified atom stereocenters. The Morgan fingerprint density at radius 1 is 1.39 bits per heavy atom. The maximum absolute atomic E-state index is 11.6. The summed E-state index contributed by atoms with van der Waals surface area (Å²) in [5.41, 5.74) is 4.94. The molecule has 1 amide bonds. The van der Waals surface area contributed by atoms with Crippen LogP contribution in [0.15, 0.2) is 0 Å². The monoisotopic (exact) mass is 257 g/mol. The van der Waals surface area contributed by atoms with Crippen molar-refractivity contribution in [2.75, 3.05) is 19.6 Å². The first kappa shape index (κ1) is 17.4. The van der Waals surface area contributed by atoms with Gasteiger partial charge in [-0.15, -0.1) is 0 Å². The Bertz CT molecular complexity index is 245. The van der Waals surface area contributed by atoms with Crippen LogP contribution in [0.25, 0.3) is 0 Å². The average molecular weight is 257 g/mol. The Kier molecular flexibility index (Phi) is 8.20. The predicted octanol–water partition coefficient (Wildman–Crippen LogP) is 1.74. The number of nitrogens with zero attached hydrogens (tertiary/aromatic N) is 1. The molecule has 0 saturated heterocycles. The summed E-state index contributed by atoms with van der Waals surface area (Å²) < 4.78 is 0. The second kappa shape index (κ2) is 8.48. The van der Waals surface area contributed by atoms with E-state index in [0.717, 1.165) is 38.9 Å². The molecule has 0 rings (SSSR count). The van der Waals surface area contributed by atoms with Crippen LogP contribution in [0.4, 0.5) is 0 Å². The van der Waals surface area contributed by atoms with Gasteiger partial charge in [0.2, 0.25) is 5.91 Å². The molecule has 0 aliphatic carbocycles. The maximum atomic E-state index is 11.6. The molecule has 0 aliphatic rings. The second-order valence-corrected chi connectivity index (χ2v) is 5.26. The van der Waals surface area contributed by atoms with Crippen molar-refractivity contribution in [1.29, 1.82) is 0 Å². The van der Waals surface area contributed by atoms with Gasteiger partial charge in [-0.25, -0.2) is 0 Å². The summed E-state index contributed by atoms with van der Waals surface area (Å²) in [6.45, 7) is 13.3. The third-order valence-electron chi connectivity index (χ3n) is 3.83. The van der Waals surface area contributed by atoms with E-state index in [2.05, 4.69) is 37.9 Å². The molecule has 0 bridgehead atoms. The van der Waals surface area contributed by atoms with E-state index in [4.69, 9.17) is 5.73 Å². The molecule has 0 saturated carbocycles. The normalized spacial score (nSPS) is 16.6. The summed E-state index contributed by atoms with van der Waals surface area (Å²) in [6, 6.07) is 0.554. The van der Waals surface area contributed by atoms with Gasteiger partial charge in [0.05, 0.1) is 5.54 Å². The van der Waals surface area contributed by atoms with Crippen molar-refractivity contribution in [1.82, 2.24) is 10.2 Å². The molecular formula is C14H31N3O. The molecule has 18 heavy (non-hydrogen) atoms. The van der Waals surface area contributed by atoms with Gasteiger partial charge in [-0.3, -0.25) is 4.79 Å². The molecule has 0 fully saturated rings. The Morgan fingerprint density at radius 3 is 2.39 bits per heavy atom. The smallest absolute Gasteiger partial charge is 0.237 e. The fourth-order valence-electron chi connectivity index (χ4n) is 2.02. The summed E-state index contributed by atoms with van der Waals surface area (Å²) in [5, 5.41) is 3.28. The Morgan fingerprint density at radius 2 is 2.00 bits per heavy atom. The van der Waals surface area contributed by atoms with Crippen LogP contribution in [0, 0.1) is 0 Å². The van der Waals surface area contributed by atoms with Gasteiger partial charge in [0.15, 0.2) is 0 Å². The molecule has 4 heteroatoms. The van der Waals surface area contributed by atoms with Crippen LogP contribution >= 0.6 is 0 Å². The minimum absolute atomic E-state index is 0.254. The SMILES string of the molecule is CCCNC(C)(CCN(CC)C(C)CC)C(N)=O. The van der Waals surface area contributed by atoms with E-state index in [-0.39, 0.29) is 5.91 Å². The highest BCUT2D eigenvalue weighted by atomic mass is 16.1. The lowest BCUT2D eigenvalue weighted by molar-refractivity contribution is -0.124. The average Bonchev–Trinajstić information content (AvgIpc) is 2.36. The molecule has 108 valence electrons. The van der Waals surface area contributed by atoms with E-state index >= 15 is 0 Å². The molecule has 0 radical (unpaired) electrons. The third-order valence-corrected chi connectivity index (χ3v) is 3.83. The third kappa shape index (κ3) is 5.36. The Balaban J connectivity index is 4.45. The zero-order valence-corrected chi connectivity index (χ0v) is 12.8. The topological polar surface area (TPSA) is 58.4 Å².